The Morgan fingerprint density at radius 3 is 2.60 bits per heavy atom. The maximum atomic E-state index is 13.1. The van der Waals surface area contributed by atoms with Crippen molar-refractivity contribution >= 4 is 6.03 Å². The third-order valence-electron chi connectivity index (χ3n) is 5.16. The quantitative estimate of drug-likeness (QED) is 0.793. The highest BCUT2D eigenvalue weighted by Crippen LogP contribution is 2.37. The summed E-state index contributed by atoms with van der Waals surface area (Å²) in [5.41, 5.74) is 0.998. The number of morpholine rings is 1. The first-order chi connectivity index (χ1) is 12.1. The summed E-state index contributed by atoms with van der Waals surface area (Å²) in [5.74, 6) is 2.11. The fourth-order valence-electron chi connectivity index (χ4n) is 3.32. The van der Waals surface area contributed by atoms with Gasteiger partial charge in [0.1, 0.15) is 11.5 Å². The Bertz CT molecular complexity index is 597. The number of hydrogen-bond donors (Lipinski definition) is 0. The van der Waals surface area contributed by atoms with E-state index in [9.17, 15) is 4.79 Å². The Hall–Kier alpha value is -1.95. The molecule has 0 aromatic heterocycles. The number of rotatable bonds is 6. The number of carbonyl (C=O) groups is 1. The highest BCUT2D eigenvalue weighted by atomic mass is 16.5. The monoisotopic (exact) mass is 348 g/mol. The van der Waals surface area contributed by atoms with Crippen molar-refractivity contribution in [2.24, 2.45) is 5.92 Å². The van der Waals surface area contributed by atoms with Gasteiger partial charge < -0.3 is 24.0 Å². The van der Waals surface area contributed by atoms with Crippen molar-refractivity contribution in [1.29, 1.82) is 0 Å². The van der Waals surface area contributed by atoms with Gasteiger partial charge in [0.05, 0.1) is 34.0 Å². The van der Waals surface area contributed by atoms with Gasteiger partial charge in [-0.3, -0.25) is 0 Å². The number of methoxy groups -OCH3 is 2. The lowest BCUT2D eigenvalue weighted by atomic mass is 10.1. The molecule has 2 aliphatic rings. The smallest absolute Gasteiger partial charge is 0.320 e. The standard InChI is InChI=1S/C19H28N2O4/c1-14(15-4-5-15)21(19(22)20-8-10-25-11-9-20)13-16-6-7-17(23-2)12-18(16)24-3/h6-7,12,14-15H,4-5,8-11,13H2,1-3H3. The predicted molar refractivity (Wildman–Crippen MR) is 95.1 cm³/mol. The highest BCUT2D eigenvalue weighted by Gasteiger charge is 2.36. The van der Waals surface area contributed by atoms with Crippen LogP contribution in [0.1, 0.15) is 25.3 Å². The average Bonchev–Trinajstić information content (AvgIpc) is 3.51. The van der Waals surface area contributed by atoms with Crippen LogP contribution in [0.15, 0.2) is 18.2 Å². The molecule has 1 aromatic rings. The van der Waals surface area contributed by atoms with Gasteiger partial charge >= 0.3 is 6.03 Å². The summed E-state index contributed by atoms with van der Waals surface area (Å²) in [6, 6.07) is 6.09. The number of amides is 2. The number of urea groups is 1. The van der Waals surface area contributed by atoms with E-state index in [0.717, 1.165) is 17.1 Å². The molecular formula is C19H28N2O4. The summed E-state index contributed by atoms with van der Waals surface area (Å²) in [6.07, 6.45) is 2.40. The van der Waals surface area contributed by atoms with E-state index in [1.807, 2.05) is 28.0 Å². The van der Waals surface area contributed by atoms with Gasteiger partial charge in [0.25, 0.3) is 0 Å². The molecular weight excluding hydrogens is 320 g/mol. The first kappa shape index (κ1) is 17.9. The van der Waals surface area contributed by atoms with Crippen molar-refractivity contribution in [2.45, 2.75) is 32.4 Å². The van der Waals surface area contributed by atoms with Crippen LogP contribution in [0.4, 0.5) is 4.79 Å². The molecule has 6 nitrogen and oxygen atoms in total. The van der Waals surface area contributed by atoms with Gasteiger partial charge in [-0.25, -0.2) is 4.79 Å². The molecule has 0 N–H and O–H groups in total. The van der Waals surface area contributed by atoms with Crippen molar-refractivity contribution in [2.75, 3.05) is 40.5 Å². The Labute approximate surface area is 149 Å². The summed E-state index contributed by atoms with van der Waals surface area (Å²) in [6.45, 7) is 5.25. The second kappa shape index (κ2) is 7.95. The lowest BCUT2D eigenvalue weighted by Crippen LogP contribution is -2.51. The minimum atomic E-state index is 0.0978. The Kier molecular flexibility index (Phi) is 5.68. The van der Waals surface area contributed by atoms with Crippen LogP contribution in [0.5, 0.6) is 11.5 Å². The van der Waals surface area contributed by atoms with Crippen molar-refractivity contribution in [3.8, 4) is 11.5 Å². The molecule has 1 heterocycles. The predicted octanol–water partition coefficient (Wildman–Crippen LogP) is 2.76. The molecule has 1 atom stereocenters. The summed E-state index contributed by atoms with van der Waals surface area (Å²) in [4.78, 5) is 17.0. The van der Waals surface area contributed by atoms with Gasteiger partial charge in [-0.2, -0.15) is 0 Å². The van der Waals surface area contributed by atoms with Crippen molar-refractivity contribution in [3.05, 3.63) is 23.8 Å². The van der Waals surface area contributed by atoms with Gasteiger partial charge in [0, 0.05) is 30.8 Å². The Morgan fingerprint density at radius 1 is 1.28 bits per heavy atom. The topological polar surface area (TPSA) is 51.2 Å². The largest absolute Gasteiger partial charge is 0.497 e. The van der Waals surface area contributed by atoms with E-state index in [0.29, 0.717) is 38.8 Å². The van der Waals surface area contributed by atoms with Crippen LogP contribution in [-0.4, -0.2) is 62.4 Å². The van der Waals surface area contributed by atoms with Crippen molar-refractivity contribution in [3.63, 3.8) is 0 Å². The summed E-state index contributed by atoms with van der Waals surface area (Å²) in [7, 11) is 3.29. The minimum Gasteiger partial charge on any atom is -0.497 e. The number of nitrogens with zero attached hydrogens (tertiary/aromatic N) is 2. The van der Waals surface area contributed by atoms with E-state index in [1.165, 1.54) is 12.8 Å². The first-order valence-electron chi connectivity index (χ1n) is 8.98. The zero-order valence-corrected chi connectivity index (χ0v) is 15.4. The van der Waals surface area contributed by atoms with Gasteiger partial charge in [0.2, 0.25) is 0 Å². The molecule has 6 heteroatoms. The molecule has 1 aromatic carbocycles. The molecule has 0 radical (unpaired) electrons. The Balaban J connectivity index is 1.81. The molecule has 1 unspecified atom stereocenters. The molecule has 2 fully saturated rings. The summed E-state index contributed by atoms with van der Waals surface area (Å²) in [5, 5.41) is 0. The zero-order valence-electron chi connectivity index (χ0n) is 15.4. The first-order valence-corrected chi connectivity index (χ1v) is 8.98. The SMILES string of the molecule is COc1ccc(CN(C(=O)N2CCOCC2)C(C)C2CC2)c(OC)c1. The van der Waals surface area contributed by atoms with Crippen molar-refractivity contribution < 1.29 is 19.0 Å². The van der Waals surface area contributed by atoms with E-state index in [4.69, 9.17) is 14.2 Å². The fourth-order valence-corrected chi connectivity index (χ4v) is 3.32. The number of hydrogen-bond acceptors (Lipinski definition) is 4. The molecule has 25 heavy (non-hydrogen) atoms. The van der Waals surface area contributed by atoms with Crippen LogP contribution in [0.2, 0.25) is 0 Å². The van der Waals surface area contributed by atoms with Crippen LogP contribution >= 0.6 is 0 Å². The van der Waals surface area contributed by atoms with Crippen LogP contribution in [0, 0.1) is 5.92 Å². The van der Waals surface area contributed by atoms with E-state index in [2.05, 4.69) is 6.92 Å². The fraction of sp³-hybridized carbons (Fsp3) is 0.632. The maximum absolute atomic E-state index is 13.1. The van der Waals surface area contributed by atoms with E-state index >= 15 is 0 Å². The lowest BCUT2D eigenvalue weighted by molar-refractivity contribution is 0.0377. The second-order valence-corrected chi connectivity index (χ2v) is 6.77. The summed E-state index contributed by atoms with van der Waals surface area (Å²) >= 11 is 0. The Morgan fingerprint density at radius 2 is 2.00 bits per heavy atom. The van der Waals surface area contributed by atoms with Crippen LogP contribution in [0.3, 0.4) is 0 Å². The van der Waals surface area contributed by atoms with E-state index in [-0.39, 0.29) is 12.1 Å². The number of carbonyl (C=O) groups excluding carboxylic acids is 1. The van der Waals surface area contributed by atoms with Crippen LogP contribution in [0.25, 0.3) is 0 Å². The molecule has 1 aliphatic heterocycles. The van der Waals surface area contributed by atoms with Crippen LogP contribution in [-0.2, 0) is 11.3 Å². The molecule has 138 valence electrons. The van der Waals surface area contributed by atoms with Crippen molar-refractivity contribution in [1.82, 2.24) is 9.80 Å². The average molecular weight is 348 g/mol. The molecule has 0 spiro atoms. The van der Waals surface area contributed by atoms with Gasteiger partial charge in [-0.05, 0) is 37.8 Å². The number of ether oxygens (including phenoxy) is 3. The molecule has 1 saturated heterocycles. The van der Waals surface area contributed by atoms with E-state index < -0.39 is 0 Å². The third-order valence-corrected chi connectivity index (χ3v) is 5.16. The van der Waals surface area contributed by atoms with Crippen LogP contribution < -0.4 is 9.47 Å². The molecule has 2 amide bonds. The lowest BCUT2D eigenvalue weighted by Gasteiger charge is -2.36. The minimum absolute atomic E-state index is 0.0978. The highest BCUT2D eigenvalue weighted by molar-refractivity contribution is 5.75. The number of benzene rings is 1. The molecule has 0 bridgehead atoms. The van der Waals surface area contributed by atoms with Gasteiger partial charge in [-0.15, -0.1) is 0 Å². The van der Waals surface area contributed by atoms with Gasteiger partial charge in [0.15, 0.2) is 0 Å². The van der Waals surface area contributed by atoms with E-state index in [1.54, 1.807) is 14.2 Å². The summed E-state index contributed by atoms with van der Waals surface area (Å²) < 4.78 is 16.2. The zero-order chi connectivity index (χ0) is 17.8. The second-order valence-electron chi connectivity index (χ2n) is 6.77. The maximum Gasteiger partial charge on any atom is 0.320 e. The van der Waals surface area contributed by atoms with Gasteiger partial charge in [-0.1, -0.05) is 0 Å². The molecule has 3 rings (SSSR count). The molecule has 1 saturated carbocycles. The normalized spacial score (nSPS) is 18.6. The molecule has 1 aliphatic carbocycles. The third kappa shape index (κ3) is 4.18.